The molecule has 0 aromatic carbocycles. The van der Waals surface area contributed by atoms with Crippen molar-refractivity contribution in [2.75, 3.05) is 5.73 Å². The number of nitrogen functional groups attached to an aromatic ring is 1. The van der Waals surface area contributed by atoms with Gasteiger partial charge < -0.3 is 5.73 Å². The third kappa shape index (κ3) is 2.56. The molecule has 0 aliphatic heterocycles. The molecule has 1 aromatic rings. The molecule has 4 heteroatoms. The van der Waals surface area contributed by atoms with Gasteiger partial charge in [-0.25, -0.2) is 0 Å². The first-order valence-electron chi connectivity index (χ1n) is 4.71. The van der Waals surface area contributed by atoms with Gasteiger partial charge in [-0.05, 0) is 19.9 Å². The van der Waals surface area contributed by atoms with E-state index in [-0.39, 0.29) is 0 Å². The largest absolute Gasteiger partial charge is 0.383 e. The van der Waals surface area contributed by atoms with Crippen molar-refractivity contribution in [3.8, 4) is 0 Å². The van der Waals surface area contributed by atoms with E-state index in [9.17, 15) is 0 Å². The molecular weight excluding hydrogens is 188 g/mol. The maximum absolute atomic E-state index is 5.87. The Balaban J connectivity index is 3.22. The van der Waals surface area contributed by atoms with E-state index in [1.165, 1.54) is 0 Å². The molecule has 0 aliphatic rings. The predicted molar refractivity (Wildman–Crippen MR) is 63.8 cm³/mol. The van der Waals surface area contributed by atoms with Crippen molar-refractivity contribution in [3.63, 3.8) is 0 Å². The van der Waals surface area contributed by atoms with Gasteiger partial charge in [-0.2, -0.15) is 5.10 Å². The van der Waals surface area contributed by atoms with Crippen LogP contribution in [0, 0.1) is 0 Å². The van der Waals surface area contributed by atoms with Crippen molar-refractivity contribution in [1.82, 2.24) is 9.78 Å². The molecule has 0 unspecified atom stereocenters. The molecule has 0 saturated heterocycles. The van der Waals surface area contributed by atoms with E-state index in [1.807, 2.05) is 26.0 Å². The Hall–Kier alpha value is -1.84. The van der Waals surface area contributed by atoms with Crippen molar-refractivity contribution in [2.24, 2.45) is 12.0 Å². The van der Waals surface area contributed by atoms with Crippen LogP contribution in [0.2, 0.25) is 0 Å². The summed E-state index contributed by atoms with van der Waals surface area (Å²) in [7, 11) is 1.80. The molecule has 0 atom stereocenters. The van der Waals surface area contributed by atoms with Gasteiger partial charge in [-0.1, -0.05) is 12.7 Å². The summed E-state index contributed by atoms with van der Waals surface area (Å²) in [5, 5.41) is 4.07. The van der Waals surface area contributed by atoms with E-state index in [1.54, 1.807) is 17.9 Å². The summed E-state index contributed by atoms with van der Waals surface area (Å²) >= 11 is 0. The number of hydrogen-bond donors (Lipinski definition) is 1. The number of aryl methyl sites for hydroxylation is 1. The zero-order valence-corrected chi connectivity index (χ0v) is 9.36. The van der Waals surface area contributed by atoms with E-state index >= 15 is 0 Å². The lowest BCUT2D eigenvalue weighted by Gasteiger charge is -2.01. The van der Waals surface area contributed by atoms with Crippen LogP contribution in [0.3, 0.4) is 0 Å². The van der Waals surface area contributed by atoms with Gasteiger partial charge >= 0.3 is 0 Å². The van der Waals surface area contributed by atoms with Crippen molar-refractivity contribution < 1.29 is 0 Å². The monoisotopic (exact) mass is 204 g/mol. The Labute approximate surface area is 89.8 Å². The molecule has 15 heavy (non-hydrogen) atoms. The lowest BCUT2D eigenvalue weighted by atomic mass is 10.2. The SMILES string of the molecule is C=C(C)N=C(/C=C\C)c1cnn(C)c1N. The number of nitrogens with zero attached hydrogens (tertiary/aromatic N) is 3. The summed E-state index contributed by atoms with van der Waals surface area (Å²) in [5.74, 6) is 0.605. The number of aromatic nitrogens is 2. The second-order valence-corrected chi connectivity index (χ2v) is 3.30. The van der Waals surface area contributed by atoms with Gasteiger partial charge in [0.2, 0.25) is 0 Å². The van der Waals surface area contributed by atoms with E-state index < -0.39 is 0 Å². The van der Waals surface area contributed by atoms with Crippen molar-refractivity contribution in [3.05, 3.63) is 36.2 Å². The summed E-state index contributed by atoms with van der Waals surface area (Å²) in [6.45, 7) is 7.52. The van der Waals surface area contributed by atoms with Gasteiger partial charge in [0.1, 0.15) is 5.82 Å². The molecule has 80 valence electrons. The molecule has 4 nitrogen and oxygen atoms in total. The molecule has 0 amide bonds. The van der Waals surface area contributed by atoms with Crippen LogP contribution in [0.15, 0.2) is 35.6 Å². The lowest BCUT2D eigenvalue weighted by molar-refractivity contribution is 0.779. The van der Waals surface area contributed by atoms with Crippen molar-refractivity contribution in [1.29, 1.82) is 0 Å². The highest BCUT2D eigenvalue weighted by Gasteiger charge is 2.08. The van der Waals surface area contributed by atoms with Gasteiger partial charge in [-0.15, -0.1) is 0 Å². The first kappa shape index (κ1) is 11.2. The number of hydrogen-bond acceptors (Lipinski definition) is 3. The molecule has 1 heterocycles. The molecule has 0 fully saturated rings. The maximum Gasteiger partial charge on any atom is 0.130 e. The molecule has 2 N–H and O–H groups in total. The molecule has 0 spiro atoms. The van der Waals surface area contributed by atoms with Crippen LogP contribution in [0.4, 0.5) is 5.82 Å². The molecule has 1 rings (SSSR count). The molecule has 1 aromatic heterocycles. The minimum atomic E-state index is 0.605. The highest BCUT2D eigenvalue weighted by Crippen LogP contribution is 2.13. The number of anilines is 1. The summed E-state index contributed by atoms with van der Waals surface area (Å²) in [4.78, 5) is 4.31. The topological polar surface area (TPSA) is 56.2 Å². The van der Waals surface area contributed by atoms with Crippen LogP contribution >= 0.6 is 0 Å². The first-order chi connectivity index (χ1) is 7.06. The van der Waals surface area contributed by atoms with Crippen LogP contribution in [0.25, 0.3) is 0 Å². The maximum atomic E-state index is 5.87. The highest BCUT2D eigenvalue weighted by atomic mass is 15.3. The summed E-state index contributed by atoms with van der Waals surface area (Å²) in [5.41, 5.74) is 8.23. The minimum Gasteiger partial charge on any atom is -0.383 e. The summed E-state index contributed by atoms with van der Waals surface area (Å²) in [6, 6.07) is 0. The molecule has 0 saturated carbocycles. The average Bonchev–Trinajstić information content (AvgIpc) is 2.46. The van der Waals surface area contributed by atoms with Crippen LogP contribution in [0.5, 0.6) is 0 Å². The molecule has 0 radical (unpaired) electrons. The zero-order chi connectivity index (χ0) is 11.4. The third-order valence-corrected chi connectivity index (χ3v) is 1.90. The third-order valence-electron chi connectivity index (χ3n) is 1.90. The fraction of sp³-hybridized carbons (Fsp3) is 0.273. The van der Waals surface area contributed by atoms with E-state index in [2.05, 4.69) is 16.7 Å². The second kappa shape index (κ2) is 4.59. The molecular formula is C11H16N4. The highest BCUT2D eigenvalue weighted by molar-refractivity contribution is 6.11. The Morgan fingerprint density at radius 3 is 2.73 bits per heavy atom. The standard InChI is InChI=1S/C11H16N4/c1-5-6-10(14-8(2)3)9-7-13-15(4)11(9)12/h5-7H,2,12H2,1,3-4H3/b6-5-,14-10?. The average molecular weight is 204 g/mol. The molecule has 0 aliphatic carbocycles. The molecule has 0 bridgehead atoms. The minimum absolute atomic E-state index is 0.605. The van der Waals surface area contributed by atoms with Gasteiger partial charge in [0, 0.05) is 12.7 Å². The first-order valence-corrected chi connectivity index (χ1v) is 4.71. The van der Waals surface area contributed by atoms with Gasteiger partial charge in [0.15, 0.2) is 0 Å². The van der Waals surface area contributed by atoms with Crippen molar-refractivity contribution >= 4 is 11.5 Å². The van der Waals surface area contributed by atoms with Gasteiger partial charge in [0.25, 0.3) is 0 Å². The Morgan fingerprint density at radius 1 is 1.67 bits per heavy atom. The fourth-order valence-corrected chi connectivity index (χ4v) is 1.20. The van der Waals surface area contributed by atoms with Crippen LogP contribution in [-0.2, 0) is 7.05 Å². The second-order valence-electron chi connectivity index (χ2n) is 3.30. The summed E-state index contributed by atoms with van der Waals surface area (Å²) < 4.78 is 1.62. The Kier molecular flexibility index (Phi) is 3.44. The predicted octanol–water partition coefficient (Wildman–Crippen LogP) is 1.90. The fourth-order valence-electron chi connectivity index (χ4n) is 1.20. The van der Waals surface area contributed by atoms with Crippen LogP contribution < -0.4 is 5.73 Å². The van der Waals surface area contributed by atoms with Gasteiger partial charge in [0.05, 0.1) is 17.5 Å². The zero-order valence-electron chi connectivity index (χ0n) is 9.36. The summed E-state index contributed by atoms with van der Waals surface area (Å²) in [6.07, 6.45) is 5.51. The normalized spacial score (nSPS) is 12.3. The van der Waals surface area contributed by atoms with E-state index in [4.69, 9.17) is 5.73 Å². The Morgan fingerprint density at radius 2 is 2.33 bits per heavy atom. The van der Waals surface area contributed by atoms with Gasteiger partial charge in [-0.3, -0.25) is 9.67 Å². The number of aliphatic imine (C=N–C) groups is 1. The quantitative estimate of drug-likeness (QED) is 0.764. The lowest BCUT2D eigenvalue weighted by Crippen LogP contribution is -2.04. The smallest absolute Gasteiger partial charge is 0.130 e. The number of rotatable bonds is 3. The number of nitrogens with two attached hydrogens (primary N) is 1. The van der Waals surface area contributed by atoms with Crippen LogP contribution in [0.1, 0.15) is 19.4 Å². The van der Waals surface area contributed by atoms with E-state index in [0.29, 0.717) is 5.82 Å². The van der Waals surface area contributed by atoms with Crippen LogP contribution in [-0.4, -0.2) is 15.5 Å². The van der Waals surface area contributed by atoms with Crippen molar-refractivity contribution in [2.45, 2.75) is 13.8 Å². The van der Waals surface area contributed by atoms with E-state index in [0.717, 1.165) is 17.0 Å². The number of allylic oxidation sites excluding steroid dienone is 3. The Bertz CT molecular complexity index is 424.